The third kappa shape index (κ3) is 4.19. The van der Waals surface area contributed by atoms with Crippen LogP contribution < -0.4 is 5.32 Å². The summed E-state index contributed by atoms with van der Waals surface area (Å²) in [5.74, 6) is -0.124. The number of hydrogen-bond donors (Lipinski definition) is 1. The summed E-state index contributed by atoms with van der Waals surface area (Å²) in [6.07, 6.45) is 0. The van der Waals surface area contributed by atoms with E-state index in [1.165, 1.54) is 0 Å². The highest BCUT2D eigenvalue weighted by Gasteiger charge is 2.07. The van der Waals surface area contributed by atoms with Gasteiger partial charge in [0.1, 0.15) is 0 Å². The maximum Gasteiger partial charge on any atom is 0.251 e. The zero-order chi connectivity index (χ0) is 13.8. The van der Waals surface area contributed by atoms with Gasteiger partial charge in [0.05, 0.1) is 5.02 Å². The van der Waals surface area contributed by atoms with E-state index in [0.717, 1.165) is 13.6 Å². The zero-order valence-electron chi connectivity index (χ0n) is 9.79. The van der Waals surface area contributed by atoms with Crippen LogP contribution in [0.1, 0.15) is 15.9 Å². The van der Waals surface area contributed by atoms with Crippen molar-refractivity contribution in [1.29, 1.82) is 0 Å². The molecule has 0 atom stereocenters. The average Bonchev–Trinajstić information content (AvgIpc) is 2.41. The van der Waals surface area contributed by atoms with Crippen molar-refractivity contribution in [3.8, 4) is 0 Å². The van der Waals surface area contributed by atoms with Crippen LogP contribution in [-0.2, 0) is 6.54 Å². The topological polar surface area (TPSA) is 29.1 Å². The van der Waals surface area contributed by atoms with E-state index in [1.54, 1.807) is 12.1 Å². The Morgan fingerprint density at radius 2 is 1.89 bits per heavy atom. The molecule has 2 nitrogen and oxygen atoms in total. The molecule has 2 aromatic carbocycles. The van der Waals surface area contributed by atoms with Gasteiger partial charge >= 0.3 is 0 Å². The van der Waals surface area contributed by atoms with E-state index in [1.807, 2.05) is 30.3 Å². The van der Waals surface area contributed by atoms with E-state index >= 15 is 0 Å². The van der Waals surface area contributed by atoms with Crippen LogP contribution in [0.2, 0.25) is 5.02 Å². The van der Waals surface area contributed by atoms with E-state index in [4.69, 9.17) is 11.6 Å². The number of rotatable bonds is 3. The lowest BCUT2D eigenvalue weighted by Crippen LogP contribution is -2.22. The van der Waals surface area contributed by atoms with Crippen molar-refractivity contribution in [2.24, 2.45) is 0 Å². The first kappa shape index (κ1) is 14.8. The molecule has 0 radical (unpaired) electrons. The quantitative estimate of drug-likeness (QED) is 0.679. The minimum atomic E-state index is -0.124. The summed E-state index contributed by atoms with van der Waals surface area (Å²) in [7, 11) is 0. The number of halogens is 3. The van der Waals surface area contributed by atoms with Crippen LogP contribution in [0.5, 0.6) is 0 Å². The summed E-state index contributed by atoms with van der Waals surface area (Å²) in [5.41, 5.74) is 1.62. The lowest BCUT2D eigenvalue weighted by atomic mass is 10.2. The summed E-state index contributed by atoms with van der Waals surface area (Å²) < 4.78 is 1.95. The molecule has 0 saturated heterocycles. The molecule has 0 aliphatic rings. The Kier molecular flexibility index (Phi) is 5.24. The predicted molar refractivity (Wildman–Crippen MR) is 89.5 cm³/mol. The fourth-order valence-electron chi connectivity index (χ4n) is 1.52. The van der Waals surface area contributed by atoms with Gasteiger partial charge < -0.3 is 5.32 Å². The lowest BCUT2D eigenvalue weighted by molar-refractivity contribution is 0.0951. The molecule has 0 aromatic heterocycles. The molecule has 5 heteroatoms. The number of carbonyl (C=O) groups excluding carboxylic acids is 1. The number of benzene rings is 2. The molecule has 2 aromatic rings. The Bertz CT molecular complexity index is 601. The molecule has 98 valence electrons. The van der Waals surface area contributed by atoms with Crippen LogP contribution in [-0.4, -0.2) is 5.91 Å². The Morgan fingerprint density at radius 3 is 2.53 bits per heavy atom. The van der Waals surface area contributed by atoms with E-state index < -0.39 is 0 Å². The number of nitrogens with one attached hydrogen (secondary N) is 1. The van der Waals surface area contributed by atoms with Gasteiger partial charge in [0.2, 0.25) is 0 Å². The molecule has 0 unspecified atom stereocenters. The Morgan fingerprint density at radius 1 is 1.21 bits per heavy atom. The number of amides is 1. The highest BCUT2D eigenvalue weighted by molar-refractivity contribution is 14.1. The van der Waals surface area contributed by atoms with Crippen LogP contribution in [0, 0.1) is 3.57 Å². The van der Waals surface area contributed by atoms with Crippen LogP contribution in [0.3, 0.4) is 0 Å². The second kappa shape index (κ2) is 6.72. The maximum absolute atomic E-state index is 12.0. The minimum Gasteiger partial charge on any atom is -0.348 e. The van der Waals surface area contributed by atoms with Crippen LogP contribution in [0.4, 0.5) is 0 Å². The van der Waals surface area contributed by atoms with E-state index in [9.17, 15) is 4.79 Å². The first-order chi connectivity index (χ1) is 9.06. The van der Waals surface area contributed by atoms with Crippen LogP contribution in [0.25, 0.3) is 0 Å². The Balaban J connectivity index is 2.01. The predicted octanol–water partition coefficient (Wildman–Crippen LogP) is 4.64. The van der Waals surface area contributed by atoms with Crippen molar-refractivity contribution in [3.63, 3.8) is 0 Å². The van der Waals surface area contributed by atoms with Crippen LogP contribution >= 0.6 is 50.1 Å². The van der Waals surface area contributed by atoms with Gasteiger partial charge in [-0.25, -0.2) is 0 Å². The summed E-state index contributed by atoms with van der Waals surface area (Å²) in [6, 6.07) is 13.1. The van der Waals surface area contributed by atoms with E-state index in [-0.39, 0.29) is 5.91 Å². The molecular weight excluding hydrogens is 440 g/mol. The minimum absolute atomic E-state index is 0.124. The zero-order valence-corrected chi connectivity index (χ0v) is 14.3. The fourth-order valence-corrected chi connectivity index (χ4v) is 2.30. The molecule has 0 spiro atoms. The molecule has 0 aliphatic carbocycles. The fraction of sp³-hybridized carbons (Fsp3) is 0.0714. The van der Waals surface area contributed by atoms with Crippen molar-refractivity contribution in [3.05, 3.63) is 66.7 Å². The van der Waals surface area contributed by atoms with Gasteiger partial charge in [-0.05, 0) is 58.5 Å². The van der Waals surface area contributed by atoms with Gasteiger partial charge in [0, 0.05) is 20.2 Å². The first-order valence-corrected chi connectivity index (χ1v) is 7.79. The molecule has 1 N–H and O–H groups in total. The Labute approximate surface area is 138 Å². The van der Waals surface area contributed by atoms with Gasteiger partial charge in [0.25, 0.3) is 5.91 Å². The second-order valence-corrected chi connectivity index (χ2v) is 6.42. The van der Waals surface area contributed by atoms with Gasteiger partial charge in [0.15, 0.2) is 0 Å². The van der Waals surface area contributed by atoms with Crippen molar-refractivity contribution in [2.75, 3.05) is 0 Å². The number of carbonyl (C=O) groups is 1. The normalized spacial score (nSPS) is 10.3. The van der Waals surface area contributed by atoms with Gasteiger partial charge in [-0.1, -0.05) is 39.7 Å². The third-order valence-electron chi connectivity index (χ3n) is 2.55. The standard InChI is InChI=1S/C14H10BrClINO/c15-11-4-1-9(2-5-11)8-18-14(19)10-3-6-13(17)12(16)7-10/h1-7H,8H2,(H,18,19). The third-order valence-corrected chi connectivity index (χ3v) is 4.65. The highest BCUT2D eigenvalue weighted by atomic mass is 127. The molecule has 0 heterocycles. The molecule has 0 saturated carbocycles. The number of hydrogen-bond acceptors (Lipinski definition) is 1. The summed E-state index contributed by atoms with van der Waals surface area (Å²) in [6.45, 7) is 0.496. The van der Waals surface area contributed by atoms with Crippen molar-refractivity contribution < 1.29 is 4.79 Å². The summed E-state index contributed by atoms with van der Waals surface area (Å²) >= 11 is 11.5. The van der Waals surface area contributed by atoms with E-state index in [0.29, 0.717) is 17.1 Å². The van der Waals surface area contributed by atoms with E-state index in [2.05, 4.69) is 43.8 Å². The largest absolute Gasteiger partial charge is 0.348 e. The molecular formula is C14H10BrClINO. The molecule has 1 amide bonds. The Hall–Kier alpha value is -0.590. The van der Waals surface area contributed by atoms with Crippen LogP contribution in [0.15, 0.2) is 46.9 Å². The molecule has 0 bridgehead atoms. The summed E-state index contributed by atoms with van der Waals surface area (Å²) in [5, 5.41) is 3.46. The van der Waals surface area contributed by atoms with Gasteiger partial charge in [-0.15, -0.1) is 0 Å². The maximum atomic E-state index is 12.0. The SMILES string of the molecule is O=C(NCc1ccc(Br)cc1)c1ccc(I)c(Cl)c1. The molecule has 2 rings (SSSR count). The summed E-state index contributed by atoms with van der Waals surface area (Å²) in [4.78, 5) is 12.0. The van der Waals surface area contributed by atoms with Gasteiger partial charge in [-0.2, -0.15) is 0 Å². The molecule has 0 fully saturated rings. The first-order valence-electron chi connectivity index (χ1n) is 5.54. The van der Waals surface area contributed by atoms with Crippen molar-refractivity contribution in [1.82, 2.24) is 5.32 Å². The lowest BCUT2D eigenvalue weighted by Gasteiger charge is -2.06. The van der Waals surface area contributed by atoms with Gasteiger partial charge in [-0.3, -0.25) is 4.79 Å². The molecule has 19 heavy (non-hydrogen) atoms. The highest BCUT2D eigenvalue weighted by Crippen LogP contribution is 2.19. The smallest absolute Gasteiger partial charge is 0.251 e. The monoisotopic (exact) mass is 449 g/mol. The van der Waals surface area contributed by atoms with Crippen molar-refractivity contribution in [2.45, 2.75) is 6.54 Å². The molecule has 0 aliphatic heterocycles. The second-order valence-electron chi connectivity index (χ2n) is 3.94. The van der Waals surface area contributed by atoms with Crippen molar-refractivity contribution >= 4 is 56.0 Å². The average molecular weight is 451 g/mol.